The van der Waals surface area contributed by atoms with Gasteiger partial charge >= 0.3 is 0 Å². The number of amides is 2. The number of anilines is 2. The molecule has 2 aromatic rings. The van der Waals surface area contributed by atoms with Gasteiger partial charge in [-0.3, -0.25) is 9.59 Å². The van der Waals surface area contributed by atoms with Crippen LogP contribution in [0.15, 0.2) is 48.5 Å². The van der Waals surface area contributed by atoms with E-state index >= 15 is 0 Å². The Morgan fingerprint density at radius 3 is 2.03 bits per heavy atom. The summed E-state index contributed by atoms with van der Waals surface area (Å²) >= 11 is 0. The lowest BCUT2D eigenvalue weighted by Gasteiger charge is -2.20. The van der Waals surface area contributed by atoms with Gasteiger partial charge < -0.3 is 25.2 Å². The molecule has 2 amide bonds. The molecule has 194 valence electrons. The van der Waals surface area contributed by atoms with E-state index < -0.39 is 5.92 Å². The molecule has 2 aromatic carbocycles. The first-order chi connectivity index (χ1) is 14.5. The van der Waals surface area contributed by atoms with Gasteiger partial charge in [0.25, 0.3) is 0 Å². The van der Waals surface area contributed by atoms with Crippen LogP contribution < -0.4 is 15.4 Å². The van der Waals surface area contributed by atoms with Crippen molar-refractivity contribution in [2.75, 3.05) is 24.0 Å². The number of carbonyl (C=O) groups is 2. The zero-order chi connectivity index (χ0) is 21.9. The predicted molar refractivity (Wildman–Crippen MR) is 143 cm³/mol. The minimum atomic E-state index is -0.398. The van der Waals surface area contributed by atoms with E-state index in [-0.39, 0.29) is 60.0 Å². The van der Waals surface area contributed by atoms with Crippen molar-refractivity contribution in [3.63, 3.8) is 0 Å². The van der Waals surface area contributed by atoms with E-state index in [9.17, 15) is 14.7 Å². The Hall–Kier alpha value is -3.06. The van der Waals surface area contributed by atoms with Crippen molar-refractivity contribution < 1.29 is 24.2 Å². The molecule has 7 heteroatoms. The van der Waals surface area contributed by atoms with E-state index in [1.165, 1.54) is 6.07 Å². The molecule has 0 aliphatic heterocycles. The number of nitrogens with one attached hydrogen (secondary N) is 2. The predicted octanol–water partition coefficient (Wildman–Crippen LogP) is 6.94. The van der Waals surface area contributed by atoms with Gasteiger partial charge in [0.2, 0.25) is 11.8 Å². The fourth-order valence-corrected chi connectivity index (χ4v) is 2.95. The highest BCUT2D eigenvalue weighted by Crippen LogP contribution is 2.27. The Labute approximate surface area is 206 Å². The van der Waals surface area contributed by atoms with Gasteiger partial charge in [0.15, 0.2) is 6.79 Å². The number of phenolic OH excluding ortho intramolecular Hbond substituents is 1. The zero-order valence-corrected chi connectivity index (χ0v) is 17.7. The fraction of sp³-hybridized carbons (Fsp3) is 0.481. The summed E-state index contributed by atoms with van der Waals surface area (Å²) in [6, 6.07) is 13.7. The monoisotopic (exact) mass is 478 g/mol. The highest BCUT2D eigenvalue weighted by atomic mass is 16.7. The van der Waals surface area contributed by atoms with Gasteiger partial charge in [-0.2, -0.15) is 0 Å². The SMILES string of the molecule is C.C.C.C.CCOCOc1ccccc1NC(=O)C(C)CC(CC)C(=O)Nc1ccccc1O. The van der Waals surface area contributed by atoms with Gasteiger partial charge in [-0.1, -0.05) is 67.8 Å². The number of hydrogen-bond donors (Lipinski definition) is 3. The third kappa shape index (κ3) is 10.7. The molecule has 0 saturated heterocycles. The first-order valence-corrected chi connectivity index (χ1v) is 10.2. The van der Waals surface area contributed by atoms with Crippen molar-refractivity contribution in [1.29, 1.82) is 0 Å². The van der Waals surface area contributed by atoms with Crippen LogP contribution in [0.2, 0.25) is 0 Å². The van der Waals surface area contributed by atoms with E-state index in [2.05, 4.69) is 10.6 Å². The second-order valence-electron chi connectivity index (χ2n) is 6.99. The summed E-state index contributed by atoms with van der Waals surface area (Å²) in [6.07, 6.45) is 0.953. The third-order valence-corrected chi connectivity index (χ3v) is 4.76. The zero-order valence-electron chi connectivity index (χ0n) is 17.7. The minimum Gasteiger partial charge on any atom is -0.506 e. The summed E-state index contributed by atoms with van der Waals surface area (Å²) in [4.78, 5) is 25.3. The number of carbonyl (C=O) groups excluding carboxylic acids is 2. The Morgan fingerprint density at radius 2 is 1.44 bits per heavy atom. The van der Waals surface area contributed by atoms with Crippen LogP contribution in [0.5, 0.6) is 11.5 Å². The molecule has 7 nitrogen and oxygen atoms in total. The normalized spacial score (nSPS) is 11.1. The Morgan fingerprint density at radius 1 is 0.882 bits per heavy atom. The average Bonchev–Trinajstić information content (AvgIpc) is 2.74. The van der Waals surface area contributed by atoms with Gasteiger partial charge in [0.1, 0.15) is 11.5 Å². The first-order valence-electron chi connectivity index (χ1n) is 10.2. The second kappa shape index (κ2) is 18.4. The van der Waals surface area contributed by atoms with E-state index in [0.717, 1.165) is 0 Å². The van der Waals surface area contributed by atoms with Crippen LogP contribution in [0.3, 0.4) is 0 Å². The number of aromatic hydroxyl groups is 1. The lowest BCUT2D eigenvalue weighted by atomic mass is 9.92. The average molecular weight is 479 g/mol. The molecule has 34 heavy (non-hydrogen) atoms. The van der Waals surface area contributed by atoms with E-state index in [1.54, 1.807) is 37.3 Å². The molecule has 2 unspecified atom stereocenters. The van der Waals surface area contributed by atoms with Gasteiger partial charge in [-0.05, 0) is 44.0 Å². The number of hydrogen-bond acceptors (Lipinski definition) is 5. The molecule has 0 radical (unpaired) electrons. The number of benzene rings is 2. The van der Waals surface area contributed by atoms with E-state index in [4.69, 9.17) is 9.47 Å². The molecular formula is C27H46N2O5. The topological polar surface area (TPSA) is 96.9 Å². The molecule has 0 aliphatic rings. The summed E-state index contributed by atoms with van der Waals surface area (Å²) in [5.74, 6) is -0.652. The summed E-state index contributed by atoms with van der Waals surface area (Å²) in [7, 11) is 0. The van der Waals surface area contributed by atoms with Crippen molar-refractivity contribution in [1.82, 2.24) is 0 Å². The van der Waals surface area contributed by atoms with Crippen LogP contribution in [0.1, 0.15) is 63.3 Å². The molecule has 0 bridgehead atoms. The van der Waals surface area contributed by atoms with Crippen molar-refractivity contribution >= 4 is 23.2 Å². The van der Waals surface area contributed by atoms with Gasteiger partial charge in [-0.25, -0.2) is 0 Å². The standard InChI is InChI=1S/C23H30N2O5.4CH4/c1-4-17(23(28)24-18-10-6-8-12-20(18)26)14-16(3)22(27)25-19-11-7-9-13-21(19)30-15-29-5-2;;;;/h6-13,16-17,26H,4-5,14-15H2,1-3H3,(H,24,28)(H,25,27);4*1H4. The number of ether oxygens (including phenoxy) is 2. The highest BCUT2D eigenvalue weighted by Gasteiger charge is 2.24. The minimum absolute atomic E-state index is 0. The van der Waals surface area contributed by atoms with E-state index in [0.29, 0.717) is 36.6 Å². The van der Waals surface area contributed by atoms with Gasteiger partial charge in [-0.15, -0.1) is 0 Å². The maximum absolute atomic E-state index is 12.7. The summed E-state index contributed by atoms with van der Waals surface area (Å²) in [5, 5.41) is 15.5. The van der Waals surface area contributed by atoms with Crippen LogP contribution in [0.4, 0.5) is 11.4 Å². The Bertz CT molecular complexity index is 841. The first kappa shape index (κ1) is 35.5. The van der Waals surface area contributed by atoms with Crippen LogP contribution >= 0.6 is 0 Å². The molecule has 0 saturated carbocycles. The van der Waals surface area contributed by atoms with Crippen molar-refractivity contribution in [2.45, 2.75) is 63.3 Å². The smallest absolute Gasteiger partial charge is 0.227 e. The number of para-hydroxylation sites is 4. The Kier molecular flexibility index (Phi) is 19.2. The van der Waals surface area contributed by atoms with Crippen molar-refractivity contribution in [2.24, 2.45) is 11.8 Å². The summed E-state index contributed by atoms with van der Waals surface area (Å²) in [5.41, 5.74) is 0.916. The Balaban J connectivity index is -0.00000240. The van der Waals surface area contributed by atoms with E-state index in [1.807, 2.05) is 26.0 Å². The molecule has 0 spiro atoms. The lowest BCUT2D eigenvalue weighted by molar-refractivity contribution is -0.122. The molecule has 0 aromatic heterocycles. The van der Waals surface area contributed by atoms with Crippen LogP contribution in [-0.4, -0.2) is 30.3 Å². The molecular weight excluding hydrogens is 432 g/mol. The van der Waals surface area contributed by atoms with Crippen LogP contribution in [0, 0.1) is 11.8 Å². The lowest BCUT2D eigenvalue weighted by Crippen LogP contribution is -2.28. The second-order valence-corrected chi connectivity index (χ2v) is 6.99. The highest BCUT2D eigenvalue weighted by molar-refractivity contribution is 5.96. The fourth-order valence-electron chi connectivity index (χ4n) is 2.95. The number of rotatable bonds is 11. The van der Waals surface area contributed by atoms with Gasteiger partial charge in [0.05, 0.1) is 11.4 Å². The van der Waals surface area contributed by atoms with Crippen molar-refractivity contribution in [3.05, 3.63) is 48.5 Å². The maximum Gasteiger partial charge on any atom is 0.227 e. The molecule has 0 aliphatic carbocycles. The number of phenols is 1. The summed E-state index contributed by atoms with van der Waals surface area (Å²) in [6.45, 7) is 6.19. The third-order valence-electron chi connectivity index (χ3n) is 4.76. The molecule has 2 atom stereocenters. The van der Waals surface area contributed by atoms with Crippen LogP contribution in [-0.2, 0) is 14.3 Å². The molecule has 3 N–H and O–H groups in total. The van der Waals surface area contributed by atoms with Gasteiger partial charge in [0, 0.05) is 18.4 Å². The maximum atomic E-state index is 12.7. The summed E-state index contributed by atoms with van der Waals surface area (Å²) < 4.78 is 10.7. The van der Waals surface area contributed by atoms with Crippen LogP contribution in [0.25, 0.3) is 0 Å². The molecule has 0 fully saturated rings. The quantitative estimate of drug-likeness (QED) is 0.185. The molecule has 0 heterocycles. The molecule has 2 rings (SSSR count). The largest absolute Gasteiger partial charge is 0.506 e. The van der Waals surface area contributed by atoms with Crippen molar-refractivity contribution in [3.8, 4) is 11.5 Å².